The minimum absolute atomic E-state index is 0.0666. The molecule has 0 unspecified atom stereocenters. The lowest BCUT2D eigenvalue weighted by Gasteiger charge is -2.58. The Bertz CT molecular complexity index is 563. The van der Waals surface area contributed by atoms with Crippen LogP contribution in [0.3, 0.4) is 0 Å². The van der Waals surface area contributed by atoms with Crippen molar-refractivity contribution >= 4 is 0 Å². The van der Waals surface area contributed by atoms with Crippen molar-refractivity contribution in [1.29, 1.82) is 0 Å². The molecule has 1 spiro atoms. The summed E-state index contributed by atoms with van der Waals surface area (Å²) in [5, 5.41) is 10.6. The second-order valence-corrected chi connectivity index (χ2v) is 9.65. The molecule has 1 N–H and O–H groups in total. The van der Waals surface area contributed by atoms with Gasteiger partial charge in [-0.3, -0.25) is 0 Å². The summed E-state index contributed by atoms with van der Waals surface area (Å²) in [7, 11) is 0. The largest absolute Gasteiger partial charge is 0.393 e. The van der Waals surface area contributed by atoms with Crippen molar-refractivity contribution in [2.75, 3.05) is 13.2 Å². The summed E-state index contributed by atoms with van der Waals surface area (Å²) in [5.74, 6) is 1.94. The van der Waals surface area contributed by atoms with Crippen molar-refractivity contribution in [2.45, 2.75) is 77.1 Å². The number of allylic oxidation sites excluding steroid dienone is 1. The maximum absolute atomic E-state index is 10.6. The van der Waals surface area contributed by atoms with Crippen molar-refractivity contribution in [3.63, 3.8) is 0 Å². The number of hydrogen-bond acceptors (Lipinski definition) is 3. The molecule has 3 saturated carbocycles. The van der Waals surface area contributed by atoms with E-state index < -0.39 is 5.79 Å². The lowest BCUT2D eigenvalue weighted by molar-refractivity contribution is -0.145. The van der Waals surface area contributed by atoms with E-state index in [4.69, 9.17) is 9.47 Å². The maximum atomic E-state index is 10.6. The van der Waals surface area contributed by atoms with Gasteiger partial charge in [-0.2, -0.15) is 0 Å². The van der Waals surface area contributed by atoms with Gasteiger partial charge in [0.25, 0.3) is 0 Å². The van der Waals surface area contributed by atoms with Crippen LogP contribution in [0.15, 0.2) is 11.6 Å². The third-order valence-electron chi connectivity index (χ3n) is 8.85. The Morgan fingerprint density at radius 1 is 0.958 bits per heavy atom. The van der Waals surface area contributed by atoms with Crippen LogP contribution in [0.5, 0.6) is 0 Å². The zero-order valence-corrected chi connectivity index (χ0v) is 15.2. The Morgan fingerprint density at radius 3 is 2.54 bits per heavy atom. The summed E-state index contributed by atoms with van der Waals surface area (Å²) < 4.78 is 12.0. The molecular weight excluding hydrogens is 300 g/mol. The van der Waals surface area contributed by atoms with Gasteiger partial charge >= 0.3 is 0 Å². The van der Waals surface area contributed by atoms with E-state index in [1.807, 2.05) is 0 Å². The van der Waals surface area contributed by atoms with E-state index in [1.165, 1.54) is 38.5 Å². The fourth-order valence-electron chi connectivity index (χ4n) is 7.35. The molecule has 134 valence electrons. The van der Waals surface area contributed by atoms with E-state index in [0.29, 0.717) is 5.41 Å². The van der Waals surface area contributed by atoms with Gasteiger partial charge in [-0.05, 0) is 79.6 Å². The molecule has 3 nitrogen and oxygen atoms in total. The first-order chi connectivity index (χ1) is 11.5. The molecule has 3 heteroatoms. The summed E-state index contributed by atoms with van der Waals surface area (Å²) in [6, 6.07) is 0. The lowest BCUT2D eigenvalue weighted by Crippen LogP contribution is -2.52. The van der Waals surface area contributed by atoms with Crippen LogP contribution in [-0.2, 0) is 9.47 Å². The topological polar surface area (TPSA) is 38.7 Å². The van der Waals surface area contributed by atoms with Crippen LogP contribution in [0.1, 0.15) is 65.2 Å². The van der Waals surface area contributed by atoms with Crippen molar-refractivity contribution in [3.8, 4) is 0 Å². The molecule has 1 aliphatic heterocycles. The number of rotatable bonds is 0. The standard InChI is InChI=1S/C21H32O3/c1-19-9-10-21(23-11-12-24-21)13-14(19)3-4-15-16-5-6-18(22)20(16,2)8-7-17(15)19/h13,15-18,22H,3-12H2,1-2H3/t15-,16-,17-,18-,19+,20-/m1/s1. The van der Waals surface area contributed by atoms with Gasteiger partial charge in [0, 0.05) is 6.42 Å². The van der Waals surface area contributed by atoms with Gasteiger partial charge in [-0.25, -0.2) is 0 Å². The minimum Gasteiger partial charge on any atom is -0.393 e. The fraction of sp³-hybridized carbons (Fsp3) is 0.905. The second-order valence-electron chi connectivity index (χ2n) is 9.65. The van der Waals surface area contributed by atoms with Crippen LogP contribution in [0, 0.1) is 28.6 Å². The van der Waals surface area contributed by atoms with Crippen molar-refractivity contribution < 1.29 is 14.6 Å². The first-order valence-corrected chi connectivity index (χ1v) is 10.2. The van der Waals surface area contributed by atoms with E-state index in [-0.39, 0.29) is 11.5 Å². The average Bonchev–Trinajstić information content (AvgIpc) is 3.14. The van der Waals surface area contributed by atoms with Crippen molar-refractivity contribution in [2.24, 2.45) is 28.6 Å². The molecule has 5 aliphatic rings. The number of ether oxygens (including phenoxy) is 2. The molecule has 24 heavy (non-hydrogen) atoms. The normalized spacial score (nSPS) is 52.5. The van der Waals surface area contributed by atoms with Crippen LogP contribution in [0.25, 0.3) is 0 Å². The Kier molecular flexibility index (Phi) is 3.35. The van der Waals surface area contributed by atoms with Gasteiger partial charge in [0.1, 0.15) is 0 Å². The van der Waals surface area contributed by atoms with Gasteiger partial charge in [0.2, 0.25) is 0 Å². The molecule has 5 rings (SSSR count). The van der Waals surface area contributed by atoms with Crippen LogP contribution < -0.4 is 0 Å². The molecule has 0 amide bonds. The highest BCUT2D eigenvalue weighted by atomic mass is 16.7. The Morgan fingerprint density at radius 2 is 1.75 bits per heavy atom. The van der Waals surface area contributed by atoms with Gasteiger partial charge in [-0.1, -0.05) is 19.4 Å². The third kappa shape index (κ3) is 1.95. The zero-order chi connectivity index (χ0) is 16.6. The maximum Gasteiger partial charge on any atom is 0.188 e. The monoisotopic (exact) mass is 332 g/mol. The summed E-state index contributed by atoms with van der Waals surface area (Å²) in [4.78, 5) is 0. The Balaban J connectivity index is 1.47. The van der Waals surface area contributed by atoms with E-state index >= 15 is 0 Å². The van der Waals surface area contributed by atoms with Gasteiger partial charge in [-0.15, -0.1) is 0 Å². The van der Waals surface area contributed by atoms with E-state index in [0.717, 1.165) is 43.8 Å². The first kappa shape index (κ1) is 15.8. The molecule has 4 fully saturated rings. The SMILES string of the molecule is C[C@@]12CC[C@@H]3[C@H](CCC4=CC5(CC[C@@]43C)OCCO5)[C@H]1CC[C@H]2O. The highest BCUT2D eigenvalue weighted by Crippen LogP contribution is 2.66. The molecule has 0 bridgehead atoms. The summed E-state index contributed by atoms with van der Waals surface area (Å²) in [5.41, 5.74) is 2.13. The van der Waals surface area contributed by atoms with Crippen LogP contribution in [-0.4, -0.2) is 30.2 Å². The fourth-order valence-corrected chi connectivity index (χ4v) is 7.35. The number of aliphatic hydroxyl groups excluding tert-OH is 1. The number of hydrogen-bond donors (Lipinski definition) is 1. The molecule has 0 radical (unpaired) electrons. The minimum atomic E-state index is -0.394. The molecule has 1 saturated heterocycles. The molecule has 0 aromatic heterocycles. The molecule has 6 atom stereocenters. The smallest absolute Gasteiger partial charge is 0.188 e. The predicted molar refractivity (Wildman–Crippen MR) is 92.3 cm³/mol. The molecular formula is C21H32O3. The summed E-state index contributed by atoms with van der Waals surface area (Å²) in [6.45, 7) is 6.37. The second kappa shape index (κ2) is 5.08. The predicted octanol–water partition coefficient (Wildman–Crippen LogP) is 4.05. The van der Waals surface area contributed by atoms with Gasteiger partial charge in [0.15, 0.2) is 5.79 Å². The highest BCUT2D eigenvalue weighted by molar-refractivity contribution is 5.27. The van der Waals surface area contributed by atoms with E-state index in [2.05, 4.69) is 19.9 Å². The first-order valence-electron chi connectivity index (χ1n) is 10.2. The Labute approximate surface area is 145 Å². The average molecular weight is 332 g/mol. The van der Waals surface area contributed by atoms with Crippen LogP contribution >= 0.6 is 0 Å². The van der Waals surface area contributed by atoms with E-state index in [1.54, 1.807) is 5.57 Å². The molecule has 0 aromatic rings. The van der Waals surface area contributed by atoms with Gasteiger partial charge in [0.05, 0.1) is 19.3 Å². The Hall–Kier alpha value is -0.380. The third-order valence-corrected chi connectivity index (χ3v) is 8.85. The van der Waals surface area contributed by atoms with Crippen LogP contribution in [0.4, 0.5) is 0 Å². The lowest BCUT2D eigenvalue weighted by atomic mass is 9.47. The van der Waals surface area contributed by atoms with E-state index in [9.17, 15) is 5.11 Å². The van der Waals surface area contributed by atoms with Crippen molar-refractivity contribution in [3.05, 3.63) is 11.6 Å². The number of aliphatic hydroxyl groups is 1. The summed E-state index contributed by atoms with van der Waals surface area (Å²) >= 11 is 0. The highest BCUT2D eigenvalue weighted by Gasteiger charge is 2.59. The molecule has 4 aliphatic carbocycles. The summed E-state index contributed by atoms with van der Waals surface area (Å²) in [6.07, 6.45) is 11.8. The molecule has 1 heterocycles. The zero-order valence-electron chi connectivity index (χ0n) is 15.2. The number of fused-ring (bicyclic) bond motifs is 5. The molecule has 0 aromatic carbocycles. The van der Waals surface area contributed by atoms with Gasteiger partial charge < -0.3 is 14.6 Å². The van der Waals surface area contributed by atoms with Crippen LogP contribution in [0.2, 0.25) is 0 Å². The quantitative estimate of drug-likeness (QED) is 0.680. The van der Waals surface area contributed by atoms with Crippen molar-refractivity contribution in [1.82, 2.24) is 0 Å².